The molecule has 0 bridgehead atoms. The van der Waals surface area contributed by atoms with Gasteiger partial charge in [-0.1, -0.05) is 68.5 Å². The van der Waals surface area contributed by atoms with E-state index in [-0.39, 0.29) is 0 Å². The minimum absolute atomic E-state index is 0.320. The smallest absolute Gasteiger partial charge is 0.366 e. The zero-order chi connectivity index (χ0) is 25.0. The topological polar surface area (TPSA) is 72.2 Å². The Bertz CT molecular complexity index is 1210. The van der Waals surface area contributed by atoms with Gasteiger partial charge in [0.15, 0.2) is 0 Å². The molecule has 1 aliphatic carbocycles. The van der Waals surface area contributed by atoms with E-state index in [0.717, 1.165) is 43.4 Å². The molecule has 0 aliphatic heterocycles. The molecule has 3 aromatic rings. The zero-order valence-corrected chi connectivity index (χ0v) is 19.2. The predicted octanol–water partition coefficient (Wildman–Crippen LogP) is 6.85. The molecule has 0 heterocycles. The van der Waals surface area contributed by atoms with Gasteiger partial charge in [0.25, 0.3) is 5.91 Å². The third kappa shape index (κ3) is 5.73. The second kappa shape index (κ2) is 10.3. The fraction of sp³-hybridized carbons (Fsp3) is 0.286. The van der Waals surface area contributed by atoms with Crippen LogP contribution in [-0.2, 0) is 12.6 Å². The summed E-state index contributed by atoms with van der Waals surface area (Å²) in [5, 5.41) is 2.93. The standard InChI is InChI=1S/C28H27F3N2O2/c29-28(30,31)20-15-13-19(14-16-20)21-9-4-5-10-23(21)27(35)33-25-12-6-11-22(26(32)34)24(25)17-18-7-2-1-3-8-18/h4-6,9-16,18H,1-3,7-8,17H2,(H2,32,34)(H,33,35). The maximum atomic E-state index is 13.4. The van der Waals surface area contributed by atoms with Crippen LogP contribution in [0.5, 0.6) is 0 Å². The van der Waals surface area contributed by atoms with Crippen molar-refractivity contribution in [2.75, 3.05) is 5.32 Å². The van der Waals surface area contributed by atoms with E-state index in [0.29, 0.717) is 40.3 Å². The lowest BCUT2D eigenvalue weighted by atomic mass is 9.83. The van der Waals surface area contributed by atoms with Gasteiger partial charge in [-0.25, -0.2) is 0 Å². The number of hydrogen-bond acceptors (Lipinski definition) is 2. The fourth-order valence-corrected chi connectivity index (χ4v) is 4.80. The number of amides is 2. The highest BCUT2D eigenvalue weighted by molar-refractivity contribution is 6.09. The molecule has 4 nitrogen and oxygen atoms in total. The summed E-state index contributed by atoms with van der Waals surface area (Å²) in [6.45, 7) is 0. The molecule has 35 heavy (non-hydrogen) atoms. The van der Waals surface area contributed by atoms with E-state index in [1.165, 1.54) is 18.6 Å². The number of rotatable bonds is 6. The molecule has 0 saturated heterocycles. The number of hydrogen-bond donors (Lipinski definition) is 2. The lowest BCUT2D eigenvalue weighted by Gasteiger charge is -2.24. The maximum Gasteiger partial charge on any atom is 0.416 e. The van der Waals surface area contributed by atoms with Crippen molar-refractivity contribution in [1.29, 1.82) is 0 Å². The Morgan fingerprint density at radius 3 is 2.17 bits per heavy atom. The van der Waals surface area contributed by atoms with Crippen LogP contribution in [0, 0.1) is 5.92 Å². The van der Waals surface area contributed by atoms with Crippen LogP contribution in [0.3, 0.4) is 0 Å². The summed E-state index contributed by atoms with van der Waals surface area (Å²) in [4.78, 5) is 25.5. The molecule has 1 saturated carbocycles. The zero-order valence-electron chi connectivity index (χ0n) is 19.2. The van der Waals surface area contributed by atoms with Crippen molar-refractivity contribution in [1.82, 2.24) is 0 Å². The van der Waals surface area contributed by atoms with Crippen LogP contribution in [0.4, 0.5) is 18.9 Å². The third-order valence-electron chi connectivity index (χ3n) is 6.60. The number of carbonyl (C=O) groups excluding carboxylic acids is 2. The van der Waals surface area contributed by atoms with Gasteiger partial charge in [-0.15, -0.1) is 0 Å². The molecule has 7 heteroatoms. The summed E-state index contributed by atoms with van der Waals surface area (Å²) in [6.07, 6.45) is 1.84. The number of primary amides is 1. The molecule has 1 aliphatic rings. The van der Waals surface area contributed by atoms with Crippen molar-refractivity contribution < 1.29 is 22.8 Å². The molecule has 0 aromatic heterocycles. The largest absolute Gasteiger partial charge is 0.416 e. The average molecular weight is 481 g/mol. The van der Waals surface area contributed by atoms with Gasteiger partial charge in [-0.3, -0.25) is 9.59 Å². The highest BCUT2D eigenvalue weighted by Gasteiger charge is 2.30. The van der Waals surface area contributed by atoms with Gasteiger partial charge in [0.2, 0.25) is 5.91 Å². The van der Waals surface area contributed by atoms with Gasteiger partial charge in [0.05, 0.1) is 5.56 Å². The van der Waals surface area contributed by atoms with Gasteiger partial charge >= 0.3 is 6.18 Å². The number of benzene rings is 3. The Kier molecular flexibility index (Phi) is 7.24. The second-order valence-corrected chi connectivity index (χ2v) is 8.98. The van der Waals surface area contributed by atoms with Gasteiger partial charge in [-0.05, 0) is 59.4 Å². The van der Waals surface area contributed by atoms with E-state index in [2.05, 4.69) is 5.32 Å². The van der Waals surface area contributed by atoms with E-state index in [1.807, 2.05) is 0 Å². The van der Waals surface area contributed by atoms with Gasteiger partial charge in [0.1, 0.15) is 0 Å². The molecule has 0 atom stereocenters. The minimum Gasteiger partial charge on any atom is -0.366 e. The van der Waals surface area contributed by atoms with Crippen LogP contribution < -0.4 is 11.1 Å². The van der Waals surface area contributed by atoms with Gasteiger partial charge in [0, 0.05) is 16.8 Å². The monoisotopic (exact) mass is 480 g/mol. The number of nitrogens with two attached hydrogens (primary N) is 1. The summed E-state index contributed by atoms with van der Waals surface area (Å²) < 4.78 is 38.9. The van der Waals surface area contributed by atoms with Gasteiger partial charge in [-0.2, -0.15) is 13.2 Å². The molecule has 182 valence electrons. The molecule has 3 N–H and O–H groups in total. The van der Waals surface area contributed by atoms with E-state index in [9.17, 15) is 22.8 Å². The first-order chi connectivity index (χ1) is 16.7. The lowest BCUT2D eigenvalue weighted by Crippen LogP contribution is -2.20. The third-order valence-corrected chi connectivity index (χ3v) is 6.60. The maximum absolute atomic E-state index is 13.4. The molecule has 0 radical (unpaired) electrons. The first-order valence-electron chi connectivity index (χ1n) is 11.7. The summed E-state index contributed by atoms with van der Waals surface area (Å²) in [5.41, 5.74) is 7.87. The van der Waals surface area contributed by atoms with Crippen LogP contribution in [0.1, 0.15) is 63.9 Å². The van der Waals surface area contributed by atoms with Crippen molar-refractivity contribution in [2.24, 2.45) is 11.7 Å². The van der Waals surface area contributed by atoms with E-state index >= 15 is 0 Å². The first kappa shape index (κ1) is 24.5. The quantitative estimate of drug-likeness (QED) is 0.405. The fourth-order valence-electron chi connectivity index (χ4n) is 4.80. The number of halogens is 3. The Hall–Kier alpha value is -3.61. The van der Waals surface area contributed by atoms with Crippen LogP contribution in [0.2, 0.25) is 0 Å². The molecule has 3 aromatic carbocycles. The van der Waals surface area contributed by atoms with Crippen molar-refractivity contribution in [3.05, 3.63) is 89.0 Å². The minimum atomic E-state index is -4.43. The SMILES string of the molecule is NC(=O)c1cccc(NC(=O)c2ccccc2-c2ccc(C(F)(F)F)cc2)c1CC1CCCCC1. The van der Waals surface area contributed by atoms with Gasteiger partial charge < -0.3 is 11.1 Å². The molecular weight excluding hydrogens is 453 g/mol. The Labute approximate surface area is 202 Å². The molecule has 1 fully saturated rings. The molecule has 0 spiro atoms. The van der Waals surface area contributed by atoms with Crippen LogP contribution in [0.25, 0.3) is 11.1 Å². The molecular formula is C28H27F3N2O2. The van der Waals surface area contributed by atoms with Crippen molar-refractivity contribution in [3.8, 4) is 11.1 Å². The summed E-state index contributed by atoms with van der Waals surface area (Å²) in [5.74, 6) is -0.539. The molecule has 2 amide bonds. The summed E-state index contributed by atoms with van der Waals surface area (Å²) in [7, 11) is 0. The van der Waals surface area contributed by atoms with E-state index in [1.54, 1.807) is 42.5 Å². The van der Waals surface area contributed by atoms with E-state index in [4.69, 9.17) is 5.73 Å². The average Bonchev–Trinajstić information content (AvgIpc) is 2.85. The molecule has 4 rings (SSSR count). The number of alkyl halides is 3. The number of carbonyl (C=O) groups is 2. The highest BCUT2D eigenvalue weighted by atomic mass is 19.4. The van der Waals surface area contributed by atoms with Crippen molar-refractivity contribution in [2.45, 2.75) is 44.7 Å². The number of anilines is 1. The summed E-state index contributed by atoms with van der Waals surface area (Å²) >= 11 is 0. The van der Waals surface area contributed by atoms with Crippen molar-refractivity contribution >= 4 is 17.5 Å². The van der Waals surface area contributed by atoms with Crippen LogP contribution >= 0.6 is 0 Å². The van der Waals surface area contributed by atoms with Crippen LogP contribution in [0.15, 0.2) is 66.7 Å². The van der Waals surface area contributed by atoms with E-state index < -0.39 is 23.6 Å². The Morgan fingerprint density at radius 2 is 1.51 bits per heavy atom. The normalized spacial score (nSPS) is 14.5. The second-order valence-electron chi connectivity index (χ2n) is 8.98. The highest BCUT2D eigenvalue weighted by Crippen LogP contribution is 2.34. The Balaban J connectivity index is 1.65. The predicted molar refractivity (Wildman–Crippen MR) is 130 cm³/mol. The first-order valence-corrected chi connectivity index (χ1v) is 11.7. The molecule has 0 unspecified atom stereocenters. The summed E-state index contributed by atoms with van der Waals surface area (Å²) in [6, 6.07) is 16.6. The number of nitrogens with one attached hydrogen (secondary N) is 1. The lowest BCUT2D eigenvalue weighted by molar-refractivity contribution is -0.137. The van der Waals surface area contributed by atoms with Crippen LogP contribution in [-0.4, -0.2) is 11.8 Å². The van der Waals surface area contributed by atoms with Crippen molar-refractivity contribution in [3.63, 3.8) is 0 Å². The Morgan fingerprint density at radius 1 is 0.857 bits per heavy atom.